The van der Waals surface area contributed by atoms with Gasteiger partial charge in [-0.3, -0.25) is 0 Å². The van der Waals surface area contributed by atoms with Gasteiger partial charge in [0.1, 0.15) is 0 Å². The van der Waals surface area contributed by atoms with Gasteiger partial charge in [-0.2, -0.15) is 0 Å². The van der Waals surface area contributed by atoms with Gasteiger partial charge in [-0.25, -0.2) is 0 Å². The van der Waals surface area contributed by atoms with Crippen LogP contribution < -0.4 is 11.1 Å². The summed E-state index contributed by atoms with van der Waals surface area (Å²) in [6, 6.07) is 5.93. The Morgan fingerprint density at radius 1 is 1.38 bits per heavy atom. The van der Waals surface area contributed by atoms with E-state index < -0.39 is 0 Å². The number of hydrogen-bond acceptors (Lipinski definition) is 2. The average molecular weight is 241 g/mol. The second kappa shape index (κ2) is 6.00. The molecule has 2 atom stereocenters. The summed E-state index contributed by atoms with van der Waals surface area (Å²) in [4.78, 5) is 0. The average Bonchev–Trinajstić information content (AvgIpc) is 2.23. The lowest BCUT2D eigenvalue weighted by atomic mass is 10.0. The number of hydrogen-bond donors (Lipinski definition) is 2. The van der Waals surface area contributed by atoms with E-state index in [0.29, 0.717) is 11.1 Å². The molecule has 0 radical (unpaired) electrons. The molecule has 0 aliphatic rings. The van der Waals surface area contributed by atoms with Gasteiger partial charge in [0.15, 0.2) is 0 Å². The minimum absolute atomic E-state index is 0.413. The Balaban J connectivity index is 2.61. The van der Waals surface area contributed by atoms with Crippen LogP contribution in [0.4, 0.5) is 11.4 Å². The molecule has 0 bridgehead atoms. The van der Waals surface area contributed by atoms with Crippen LogP contribution >= 0.6 is 11.6 Å². The van der Waals surface area contributed by atoms with Gasteiger partial charge in [-0.1, -0.05) is 31.9 Å². The van der Waals surface area contributed by atoms with E-state index in [0.717, 1.165) is 23.7 Å². The van der Waals surface area contributed by atoms with Crippen molar-refractivity contribution in [2.45, 2.75) is 39.7 Å². The molecule has 0 amide bonds. The van der Waals surface area contributed by atoms with Crippen molar-refractivity contribution in [3.63, 3.8) is 0 Å². The van der Waals surface area contributed by atoms with Crippen molar-refractivity contribution < 1.29 is 0 Å². The van der Waals surface area contributed by atoms with Crippen molar-refractivity contribution in [2.24, 2.45) is 5.92 Å². The quantitative estimate of drug-likeness (QED) is 0.759. The van der Waals surface area contributed by atoms with Crippen LogP contribution in [-0.4, -0.2) is 6.04 Å². The van der Waals surface area contributed by atoms with Crippen LogP contribution in [0.5, 0.6) is 0 Å². The van der Waals surface area contributed by atoms with Gasteiger partial charge >= 0.3 is 0 Å². The molecule has 2 nitrogen and oxygen atoms in total. The summed E-state index contributed by atoms with van der Waals surface area (Å²) >= 11 is 5.94. The Hall–Kier alpha value is -0.890. The van der Waals surface area contributed by atoms with Gasteiger partial charge in [-0.05, 0) is 37.5 Å². The van der Waals surface area contributed by atoms with Crippen molar-refractivity contribution in [2.75, 3.05) is 11.1 Å². The maximum absolute atomic E-state index is 5.94. The zero-order valence-corrected chi connectivity index (χ0v) is 11.0. The van der Waals surface area contributed by atoms with E-state index in [4.69, 9.17) is 17.3 Å². The topological polar surface area (TPSA) is 38.0 Å². The molecule has 0 saturated carbocycles. The SMILES string of the molecule is CCC(C)CC(C)Nc1cc(Cl)ccc1N. The normalized spacial score (nSPS) is 14.5. The van der Waals surface area contributed by atoms with Gasteiger partial charge in [0.05, 0.1) is 11.4 Å². The molecule has 2 unspecified atom stereocenters. The fourth-order valence-corrected chi connectivity index (χ4v) is 1.92. The van der Waals surface area contributed by atoms with E-state index in [2.05, 4.69) is 26.1 Å². The van der Waals surface area contributed by atoms with Crippen LogP contribution in [0.15, 0.2) is 18.2 Å². The third-order valence-electron chi connectivity index (χ3n) is 2.87. The van der Waals surface area contributed by atoms with E-state index >= 15 is 0 Å². The molecule has 0 spiro atoms. The number of benzene rings is 1. The molecule has 90 valence electrons. The summed E-state index contributed by atoms with van der Waals surface area (Å²) in [5.74, 6) is 0.725. The molecule has 1 aromatic carbocycles. The highest BCUT2D eigenvalue weighted by Gasteiger charge is 2.08. The molecule has 16 heavy (non-hydrogen) atoms. The third-order valence-corrected chi connectivity index (χ3v) is 3.11. The second-order valence-electron chi connectivity index (χ2n) is 4.53. The molecule has 0 aliphatic carbocycles. The molecular weight excluding hydrogens is 220 g/mol. The summed E-state index contributed by atoms with van der Waals surface area (Å²) in [6.07, 6.45) is 2.35. The lowest BCUT2D eigenvalue weighted by molar-refractivity contribution is 0.484. The van der Waals surface area contributed by atoms with Crippen LogP contribution in [0.3, 0.4) is 0 Å². The highest BCUT2D eigenvalue weighted by Crippen LogP contribution is 2.24. The van der Waals surface area contributed by atoms with Gasteiger partial charge in [0.2, 0.25) is 0 Å². The van der Waals surface area contributed by atoms with Gasteiger partial charge in [0, 0.05) is 11.1 Å². The number of nitrogens with one attached hydrogen (secondary N) is 1. The summed E-state index contributed by atoms with van der Waals surface area (Å²) in [5.41, 5.74) is 7.56. The largest absolute Gasteiger partial charge is 0.397 e. The van der Waals surface area contributed by atoms with Crippen LogP contribution in [0, 0.1) is 5.92 Å². The van der Waals surface area contributed by atoms with Gasteiger partial charge < -0.3 is 11.1 Å². The Morgan fingerprint density at radius 3 is 2.69 bits per heavy atom. The maximum atomic E-state index is 5.94. The lowest BCUT2D eigenvalue weighted by Gasteiger charge is -2.19. The fourth-order valence-electron chi connectivity index (χ4n) is 1.75. The van der Waals surface area contributed by atoms with Crippen LogP contribution in [0.25, 0.3) is 0 Å². The minimum atomic E-state index is 0.413. The highest BCUT2D eigenvalue weighted by atomic mass is 35.5. The molecule has 1 rings (SSSR count). The van der Waals surface area contributed by atoms with Crippen LogP contribution in [0.2, 0.25) is 5.02 Å². The Bertz CT molecular complexity index is 339. The first-order valence-corrected chi connectivity index (χ1v) is 6.22. The zero-order valence-electron chi connectivity index (χ0n) is 10.3. The smallest absolute Gasteiger partial charge is 0.0590 e. The minimum Gasteiger partial charge on any atom is -0.397 e. The predicted octanol–water partition coefficient (Wildman–Crippen LogP) is 4.16. The summed E-state index contributed by atoms with van der Waals surface area (Å²) in [7, 11) is 0. The first-order valence-electron chi connectivity index (χ1n) is 5.84. The van der Waals surface area contributed by atoms with E-state index in [1.807, 2.05) is 12.1 Å². The Kier molecular flexibility index (Phi) is 4.94. The maximum Gasteiger partial charge on any atom is 0.0590 e. The van der Waals surface area contributed by atoms with Crippen LogP contribution in [-0.2, 0) is 0 Å². The highest BCUT2D eigenvalue weighted by molar-refractivity contribution is 6.31. The first-order chi connectivity index (χ1) is 7.52. The third kappa shape index (κ3) is 3.93. The second-order valence-corrected chi connectivity index (χ2v) is 4.96. The molecule has 0 aromatic heterocycles. The standard InChI is InChI=1S/C13H21ClN2/c1-4-9(2)7-10(3)16-13-8-11(14)5-6-12(13)15/h5-6,8-10,16H,4,7,15H2,1-3H3. The molecular formula is C13H21ClN2. The summed E-state index contributed by atoms with van der Waals surface area (Å²) < 4.78 is 0. The van der Waals surface area contributed by atoms with E-state index in [1.165, 1.54) is 6.42 Å². The van der Waals surface area contributed by atoms with E-state index in [9.17, 15) is 0 Å². The van der Waals surface area contributed by atoms with E-state index in [1.54, 1.807) is 6.07 Å². The Morgan fingerprint density at radius 2 is 2.06 bits per heavy atom. The molecule has 0 heterocycles. The zero-order chi connectivity index (χ0) is 12.1. The molecule has 1 aromatic rings. The van der Waals surface area contributed by atoms with Crippen molar-refractivity contribution >= 4 is 23.0 Å². The fraction of sp³-hybridized carbons (Fsp3) is 0.538. The molecule has 3 N–H and O–H groups in total. The number of anilines is 2. The number of nitrogen functional groups attached to an aromatic ring is 1. The molecule has 3 heteroatoms. The number of nitrogens with two attached hydrogens (primary N) is 1. The van der Waals surface area contributed by atoms with Crippen molar-refractivity contribution in [1.82, 2.24) is 0 Å². The van der Waals surface area contributed by atoms with Gasteiger partial charge in [-0.15, -0.1) is 0 Å². The van der Waals surface area contributed by atoms with Crippen molar-refractivity contribution in [1.29, 1.82) is 0 Å². The first kappa shape index (κ1) is 13.2. The molecule has 0 saturated heterocycles. The molecule has 0 fully saturated rings. The summed E-state index contributed by atoms with van der Waals surface area (Å²) in [6.45, 7) is 6.65. The molecule has 0 aliphatic heterocycles. The van der Waals surface area contributed by atoms with E-state index in [-0.39, 0.29) is 0 Å². The Labute approximate surface area is 103 Å². The lowest BCUT2D eigenvalue weighted by Crippen LogP contribution is -2.19. The number of halogens is 1. The predicted molar refractivity (Wildman–Crippen MR) is 73.0 cm³/mol. The van der Waals surface area contributed by atoms with Crippen molar-refractivity contribution in [3.8, 4) is 0 Å². The van der Waals surface area contributed by atoms with Gasteiger partial charge in [0.25, 0.3) is 0 Å². The van der Waals surface area contributed by atoms with Crippen LogP contribution in [0.1, 0.15) is 33.6 Å². The summed E-state index contributed by atoms with van der Waals surface area (Å²) in [5, 5.41) is 4.12. The number of rotatable bonds is 5. The van der Waals surface area contributed by atoms with Crippen molar-refractivity contribution in [3.05, 3.63) is 23.2 Å². The monoisotopic (exact) mass is 240 g/mol.